The molecule has 2 aromatic rings. The molecule has 3 rings (SSSR count). The zero-order chi connectivity index (χ0) is 46.4. The Kier molecular flexibility index (Phi) is 21.0. The number of thiazole rings is 1. The maximum atomic E-state index is 14.6. The lowest BCUT2D eigenvalue weighted by Crippen LogP contribution is -2.61. The number of benzene rings is 1. The van der Waals surface area contributed by atoms with Gasteiger partial charge in [-0.25, -0.2) is 4.98 Å². The third kappa shape index (κ3) is 13.3. The van der Waals surface area contributed by atoms with Crippen LogP contribution >= 0.6 is 11.3 Å². The number of nitrogens with one attached hydrogen (secondary N) is 3. The van der Waals surface area contributed by atoms with E-state index in [2.05, 4.69) is 20.9 Å². The maximum absolute atomic E-state index is 14.6. The molecule has 348 valence electrons. The van der Waals surface area contributed by atoms with Crippen LogP contribution in [0.4, 0.5) is 0 Å². The van der Waals surface area contributed by atoms with Crippen LogP contribution in [0.2, 0.25) is 0 Å². The fraction of sp³-hybridized carbons (Fsp3) is 0.702. The van der Waals surface area contributed by atoms with E-state index in [1.54, 1.807) is 46.5 Å². The van der Waals surface area contributed by atoms with Crippen LogP contribution in [0.1, 0.15) is 105 Å². The van der Waals surface area contributed by atoms with Gasteiger partial charge in [0.15, 0.2) is 0 Å². The van der Waals surface area contributed by atoms with Gasteiger partial charge in [0.25, 0.3) is 0 Å². The minimum absolute atomic E-state index is 0.00332. The summed E-state index contributed by atoms with van der Waals surface area (Å²) < 4.78 is 12.1. The van der Waals surface area contributed by atoms with E-state index in [1.165, 1.54) is 16.2 Å². The first-order valence-electron chi connectivity index (χ1n) is 22.4. The Hall–Kier alpha value is -3.92. The van der Waals surface area contributed by atoms with Crippen molar-refractivity contribution >= 4 is 40.9 Å². The lowest BCUT2D eigenvalue weighted by molar-refractivity contribution is -0.149. The van der Waals surface area contributed by atoms with Crippen LogP contribution in [0.25, 0.3) is 0 Å². The zero-order valence-corrected chi connectivity index (χ0v) is 40.7. The van der Waals surface area contributed by atoms with Crippen LogP contribution in [0.15, 0.2) is 41.9 Å². The highest BCUT2D eigenvalue weighted by atomic mass is 32.1. The fourth-order valence-corrected chi connectivity index (χ4v) is 9.75. The molecule has 1 aromatic carbocycles. The van der Waals surface area contributed by atoms with Crippen molar-refractivity contribution in [1.82, 2.24) is 35.6 Å². The first-order valence-corrected chi connectivity index (χ1v) is 23.3. The minimum Gasteiger partial charge on any atom is -0.379 e. The Morgan fingerprint density at radius 1 is 0.855 bits per heavy atom. The Bertz CT molecular complexity index is 1710. The number of likely N-dealkylation sites (N-methyl/N-ethyl adjacent to an activating group) is 3. The Morgan fingerprint density at radius 3 is 2.00 bits per heavy atom. The number of methoxy groups -OCH3 is 2. The van der Waals surface area contributed by atoms with Gasteiger partial charge in [0.05, 0.1) is 48.7 Å². The molecule has 62 heavy (non-hydrogen) atoms. The molecule has 2 heterocycles. The van der Waals surface area contributed by atoms with Gasteiger partial charge >= 0.3 is 0 Å². The number of amides is 5. The van der Waals surface area contributed by atoms with E-state index in [9.17, 15) is 24.0 Å². The lowest BCUT2D eigenvalue weighted by atomic mass is 9.89. The Balaban J connectivity index is 1.81. The van der Waals surface area contributed by atoms with Crippen LogP contribution in [0, 0.1) is 29.6 Å². The van der Waals surface area contributed by atoms with Crippen molar-refractivity contribution in [2.45, 2.75) is 143 Å². The van der Waals surface area contributed by atoms with E-state index < -0.39 is 48.2 Å². The molecule has 15 heteroatoms. The predicted molar refractivity (Wildman–Crippen MR) is 245 cm³/mol. The second kappa shape index (κ2) is 24.8. The molecule has 10 atom stereocenters. The molecule has 1 aliphatic rings. The smallest absolute Gasteiger partial charge is 0.245 e. The van der Waals surface area contributed by atoms with Crippen LogP contribution in [0.5, 0.6) is 0 Å². The highest BCUT2D eigenvalue weighted by molar-refractivity contribution is 7.09. The van der Waals surface area contributed by atoms with Crippen molar-refractivity contribution in [3.05, 3.63) is 52.5 Å². The van der Waals surface area contributed by atoms with Gasteiger partial charge in [-0.1, -0.05) is 99.1 Å². The third-order valence-corrected chi connectivity index (χ3v) is 13.6. The highest BCUT2D eigenvalue weighted by Gasteiger charge is 2.44. The quantitative estimate of drug-likeness (QED) is 0.127. The first kappa shape index (κ1) is 52.4. The zero-order valence-electron chi connectivity index (χ0n) is 39.8. The first-order chi connectivity index (χ1) is 29.3. The van der Waals surface area contributed by atoms with Crippen molar-refractivity contribution in [1.29, 1.82) is 0 Å². The van der Waals surface area contributed by atoms with Gasteiger partial charge in [-0.2, -0.15) is 0 Å². The molecule has 0 spiro atoms. The number of carbonyl (C=O) groups is 5. The normalized spacial score (nSPS) is 18.7. The summed E-state index contributed by atoms with van der Waals surface area (Å²) in [5, 5.41) is 12.0. The van der Waals surface area contributed by atoms with Gasteiger partial charge < -0.3 is 40.1 Å². The lowest BCUT2D eigenvalue weighted by Gasteiger charge is -2.41. The fourth-order valence-electron chi connectivity index (χ4n) is 9.06. The summed E-state index contributed by atoms with van der Waals surface area (Å²) >= 11 is 1.50. The van der Waals surface area contributed by atoms with E-state index >= 15 is 0 Å². The molecule has 1 aliphatic heterocycles. The van der Waals surface area contributed by atoms with Crippen LogP contribution in [-0.2, 0) is 39.9 Å². The van der Waals surface area contributed by atoms with E-state index in [0.29, 0.717) is 25.8 Å². The number of nitrogens with zero attached hydrogens (tertiary/aromatic N) is 4. The van der Waals surface area contributed by atoms with Crippen molar-refractivity contribution in [2.75, 3.05) is 41.9 Å². The number of aromatic nitrogens is 1. The molecule has 0 saturated carbocycles. The number of carbonyl (C=O) groups excluding carboxylic acids is 5. The standard InChI is InChI=1S/C47H77N7O7S/c1-15-31(8)41(53(12)47(59)39(29(4)5)51-44(57)40(30(6)7)52(11)46(58)38(48-10)28(2)3)36(60-13)27-37(55)54-24-19-22-35(54)42(61-14)32(9)43(56)50-34(45-49-23-25-62-45)26-33-20-17-16-18-21-33/h16-18,20-21,23,25,28-32,34-36,38-42,48H,15,19,22,24,26-27H2,1-14H3,(H,50,56)(H,51,57)/t31-,32+,34-,35-,36+,38-,39-,40?,41?,42+/m0/s1. The third-order valence-electron chi connectivity index (χ3n) is 12.7. The molecule has 14 nitrogen and oxygen atoms in total. The molecule has 1 saturated heterocycles. The SMILES string of the molecule is CC[C@H](C)C([C@@H](CC(=O)N1CCC[C@H]1[C@H](OC)[C@@H](C)C(=O)N[C@@H](Cc1ccccc1)c1nccs1)OC)N(C)C(=O)[C@@H](NC(=O)C(C(C)C)N(C)C(=O)[C@@H](NC)C(C)C)C(C)C. The maximum Gasteiger partial charge on any atom is 0.245 e. The molecule has 0 radical (unpaired) electrons. The van der Waals surface area contributed by atoms with Crippen molar-refractivity contribution < 1.29 is 33.4 Å². The Labute approximate surface area is 375 Å². The number of ether oxygens (including phenoxy) is 2. The summed E-state index contributed by atoms with van der Waals surface area (Å²) in [6, 6.07) is 6.63. The molecule has 3 N–H and O–H groups in total. The highest BCUT2D eigenvalue weighted by Crippen LogP contribution is 2.31. The van der Waals surface area contributed by atoms with Crippen LogP contribution in [0.3, 0.4) is 0 Å². The molecule has 1 aromatic heterocycles. The van der Waals surface area contributed by atoms with Gasteiger partial charge in [-0.05, 0) is 55.5 Å². The van der Waals surface area contributed by atoms with E-state index in [1.807, 2.05) is 103 Å². The molecule has 0 aliphatic carbocycles. The van der Waals surface area contributed by atoms with Gasteiger partial charge in [-0.15, -0.1) is 11.3 Å². The molecule has 0 bridgehead atoms. The topological polar surface area (TPSA) is 163 Å². The molecule has 2 unspecified atom stereocenters. The second-order valence-electron chi connectivity index (χ2n) is 18.1. The van der Waals surface area contributed by atoms with E-state index in [0.717, 1.165) is 17.0 Å². The summed E-state index contributed by atoms with van der Waals surface area (Å²) in [4.78, 5) is 80.0. The molecular weight excluding hydrogens is 807 g/mol. The number of rotatable bonds is 24. The van der Waals surface area contributed by atoms with Gasteiger partial charge in [0, 0.05) is 46.4 Å². The summed E-state index contributed by atoms with van der Waals surface area (Å²) in [7, 11) is 8.23. The van der Waals surface area contributed by atoms with Gasteiger partial charge in [0.2, 0.25) is 29.5 Å². The summed E-state index contributed by atoms with van der Waals surface area (Å²) in [6.07, 6.45) is 3.22. The van der Waals surface area contributed by atoms with Gasteiger partial charge in [-0.3, -0.25) is 24.0 Å². The predicted octanol–water partition coefficient (Wildman–Crippen LogP) is 5.33. The average molecular weight is 884 g/mol. The summed E-state index contributed by atoms with van der Waals surface area (Å²) in [5.74, 6) is -2.38. The number of hydrogen-bond donors (Lipinski definition) is 3. The van der Waals surface area contributed by atoms with Crippen molar-refractivity contribution in [2.24, 2.45) is 29.6 Å². The van der Waals surface area contributed by atoms with Crippen LogP contribution < -0.4 is 16.0 Å². The molecular formula is C47H77N7O7S. The van der Waals surface area contributed by atoms with E-state index in [4.69, 9.17) is 9.47 Å². The van der Waals surface area contributed by atoms with Crippen LogP contribution in [-0.4, -0.2) is 134 Å². The van der Waals surface area contributed by atoms with E-state index in [-0.39, 0.29) is 65.8 Å². The Morgan fingerprint density at radius 2 is 1.48 bits per heavy atom. The summed E-state index contributed by atoms with van der Waals surface area (Å²) in [6.45, 7) is 17.9. The second-order valence-corrected chi connectivity index (χ2v) is 19.0. The summed E-state index contributed by atoms with van der Waals surface area (Å²) in [5.41, 5.74) is 1.08. The largest absolute Gasteiger partial charge is 0.379 e. The minimum atomic E-state index is -0.900. The molecule has 1 fully saturated rings. The number of likely N-dealkylation sites (tertiary alicyclic amines) is 1. The van der Waals surface area contributed by atoms with Gasteiger partial charge in [0.1, 0.15) is 17.1 Å². The van der Waals surface area contributed by atoms with Crippen molar-refractivity contribution in [3.8, 4) is 0 Å². The monoisotopic (exact) mass is 884 g/mol. The van der Waals surface area contributed by atoms with Crippen molar-refractivity contribution in [3.63, 3.8) is 0 Å². The average Bonchev–Trinajstić information content (AvgIpc) is 3.96. The number of hydrogen-bond acceptors (Lipinski definition) is 10. The molecule has 5 amide bonds.